The molecule has 0 spiro atoms. The smallest absolute Gasteiger partial charge is 0.270 e. The van der Waals surface area contributed by atoms with Gasteiger partial charge in [0.1, 0.15) is 5.69 Å². The second kappa shape index (κ2) is 6.68. The summed E-state index contributed by atoms with van der Waals surface area (Å²) in [7, 11) is 6.83. The zero-order valence-electron chi connectivity index (χ0n) is 15.7. The number of H-pyrrole nitrogens is 1. The maximum Gasteiger partial charge on any atom is 0.270 e. The molecule has 138 valence electrons. The number of fused-ring (bicyclic) bond motifs is 1. The van der Waals surface area contributed by atoms with Gasteiger partial charge in [-0.1, -0.05) is 0 Å². The maximum atomic E-state index is 5.47. The van der Waals surface area contributed by atoms with Crippen LogP contribution < -0.4 is 18.8 Å². The largest absolute Gasteiger partial charge is 0.493 e. The van der Waals surface area contributed by atoms with E-state index in [4.69, 9.17) is 14.2 Å². The summed E-state index contributed by atoms with van der Waals surface area (Å²) in [5.41, 5.74) is 3.05. The normalized spacial score (nSPS) is 11.0. The number of nitrogens with one attached hydrogen (secondary N) is 1. The molecule has 0 saturated heterocycles. The first-order chi connectivity index (χ1) is 13.2. The van der Waals surface area contributed by atoms with Crippen LogP contribution in [0.2, 0.25) is 0 Å². The Balaban J connectivity index is 1.86. The summed E-state index contributed by atoms with van der Waals surface area (Å²) in [5.74, 6) is 2.59. The summed E-state index contributed by atoms with van der Waals surface area (Å²) >= 11 is 0. The average molecular weight is 365 g/mol. The van der Waals surface area contributed by atoms with E-state index in [1.54, 1.807) is 27.7 Å². The van der Waals surface area contributed by atoms with Crippen LogP contribution in [-0.2, 0) is 7.05 Å². The van der Waals surface area contributed by atoms with E-state index in [9.17, 15) is 0 Å². The van der Waals surface area contributed by atoms with Crippen molar-refractivity contribution < 1.29 is 18.8 Å². The molecule has 0 unspecified atom stereocenters. The molecule has 4 rings (SSSR count). The molecule has 27 heavy (non-hydrogen) atoms. The Kier molecular flexibility index (Phi) is 4.19. The Morgan fingerprint density at radius 2 is 1.70 bits per heavy atom. The van der Waals surface area contributed by atoms with Crippen molar-refractivity contribution in [2.75, 3.05) is 21.3 Å². The number of ether oxygens (including phenoxy) is 3. The van der Waals surface area contributed by atoms with Gasteiger partial charge in [0.25, 0.3) is 12.2 Å². The number of aryl methyl sites for hydroxylation is 1. The molecule has 0 aliphatic carbocycles. The highest BCUT2D eigenvalue weighted by Crippen LogP contribution is 2.38. The summed E-state index contributed by atoms with van der Waals surface area (Å²) in [6, 6.07) is 12.2. The van der Waals surface area contributed by atoms with E-state index in [0.717, 1.165) is 17.1 Å². The molecule has 4 aromatic rings. The molecule has 7 nitrogen and oxygen atoms in total. The fraction of sp³-hybridized carbons (Fsp3) is 0.200. The standard InChI is InChI=1S/C20H20N4O3/c1-23-8-7-13-9-14(5-6-16(13)23)20-22-21-12-24(20)15-10-17(25-2)19(27-4)18(11-15)26-3/h5-12H,1-4H3/p+1. The van der Waals surface area contributed by atoms with Crippen LogP contribution in [0.3, 0.4) is 0 Å². The number of hydrogen-bond donors (Lipinski definition) is 1. The van der Waals surface area contributed by atoms with Gasteiger partial charge in [-0.15, -0.1) is 5.10 Å². The predicted octanol–water partition coefficient (Wildman–Crippen LogP) is 2.87. The Labute approximate surface area is 156 Å². The molecule has 1 N–H and O–H groups in total. The van der Waals surface area contributed by atoms with Gasteiger partial charge in [-0.05, 0) is 24.3 Å². The molecule has 2 heterocycles. The van der Waals surface area contributed by atoms with Gasteiger partial charge in [-0.25, -0.2) is 0 Å². The second-order valence-electron chi connectivity index (χ2n) is 6.16. The maximum absolute atomic E-state index is 5.47. The summed E-state index contributed by atoms with van der Waals surface area (Å²) < 4.78 is 20.4. The van der Waals surface area contributed by atoms with Crippen molar-refractivity contribution in [2.24, 2.45) is 7.05 Å². The van der Waals surface area contributed by atoms with Crippen molar-refractivity contribution in [1.29, 1.82) is 0 Å². The van der Waals surface area contributed by atoms with Crippen molar-refractivity contribution in [1.82, 2.24) is 14.8 Å². The number of benzene rings is 2. The number of rotatable bonds is 5. The molecule has 7 heteroatoms. The number of aromatic nitrogens is 4. The van der Waals surface area contributed by atoms with Crippen molar-refractivity contribution in [3.05, 3.63) is 48.9 Å². The summed E-state index contributed by atoms with van der Waals surface area (Å²) in [6.45, 7) is 0. The molecular formula is C20H21N4O3+. The van der Waals surface area contributed by atoms with Gasteiger partial charge in [-0.3, -0.25) is 0 Å². The molecule has 0 amide bonds. The van der Waals surface area contributed by atoms with Gasteiger partial charge in [0.05, 0.1) is 26.9 Å². The van der Waals surface area contributed by atoms with Crippen LogP contribution in [0.4, 0.5) is 0 Å². The highest BCUT2D eigenvalue weighted by atomic mass is 16.5. The highest BCUT2D eigenvalue weighted by molar-refractivity contribution is 5.84. The first-order valence-electron chi connectivity index (χ1n) is 8.47. The summed E-state index contributed by atoms with van der Waals surface area (Å²) in [5, 5.41) is 8.49. The van der Waals surface area contributed by atoms with Crippen LogP contribution in [-0.4, -0.2) is 36.1 Å². The first-order valence-corrected chi connectivity index (χ1v) is 8.47. The van der Waals surface area contributed by atoms with Crippen LogP contribution in [0.5, 0.6) is 17.2 Å². The Morgan fingerprint density at radius 1 is 0.963 bits per heavy atom. The zero-order chi connectivity index (χ0) is 19.0. The predicted molar refractivity (Wildman–Crippen MR) is 102 cm³/mol. The lowest BCUT2D eigenvalue weighted by Crippen LogP contribution is -2.31. The van der Waals surface area contributed by atoms with Gasteiger partial charge < -0.3 is 18.8 Å². The molecule has 0 fully saturated rings. The third-order valence-electron chi connectivity index (χ3n) is 4.67. The fourth-order valence-electron chi connectivity index (χ4n) is 3.29. The Bertz CT molecular complexity index is 1090. The molecule has 2 aromatic heterocycles. The van der Waals surface area contributed by atoms with Crippen molar-refractivity contribution in [3.63, 3.8) is 0 Å². The summed E-state index contributed by atoms with van der Waals surface area (Å²) in [4.78, 5) is 0. The number of hydrogen-bond acceptors (Lipinski definition) is 4. The molecular weight excluding hydrogens is 344 g/mol. The van der Waals surface area contributed by atoms with E-state index >= 15 is 0 Å². The van der Waals surface area contributed by atoms with Crippen LogP contribution in [0.25, 0.3) is 28.0 Å². The van der Waals surface area contributed by atoms with E-state index in [2.05, 4.69) is 45.2 Å². The minimum atomic E-state index is 0.556. The van der Waals surface area contributed by atoms with Gasteiger partial charge in [-0.2, -0.15) is 4.57 Å². The SMILES string of the molecule is COc1cc(-[n+]2cn[nH]c2-c2ccc3c(ccn3C)c2)cc(OC)c1OC. The van der Waals surface area contributed by atoms with Crippen molar-refractivity contribution in [3.8, 4) is 34.3 Å². The first kappa shape index (κ1) is 17.0. The quantitative estimate of drug-likeness (QED) is 0.553. The van der Waals surface area contributed by atoms with Crippen molar-refractivity contribution >= 4 is 10.9 Å². The van der Waals surface area contributed by atoms with E-state index in [0.29, 0.717) is 17.2 Å². The molecule has 0 atom stereocenters. The van der Waals surface area contributed by atoms with E-state index in [-0.39, 0.29) is 0 Å². The van der Waals surface area contributed by atoms with Crippen LogP contribution in [0, 0.1) is 0 Å². The van der Waals surface area contributed by atoms with Crippen LogP contribution in [0.1, 0.15) is 0 Å². The average Bonchev–Trinajstić information content (AvgIpc) is 3.33. The van der Waals surface area contributed by atoms with E-state index < -0.39 is 0 Å². The Morgan fingerprint density at radius 3 is 2.37 bits per heavy atom. The van der Waals surface area contributed by atoms with E-state index in [1.807, 2.05) is 23.7 Å². The number of methoxy groups -OCH3 is 3. The third kappa shape index (κ3) is 2.77. The minimum Gasteiger partial charge on any atom is -0.493 e. The molecule has 0 radical (unpaired) electrons. The van der Waals surface area contributed by atoms with Gasteiger partial charge in [0.2, 0.25) is 5.75 Å². The lowest BCUT2D eigenvalue weighted by Gasteiger charge is -2.13. The Hall–Kier alpha value is -3.48. The number of nitrogens with zero attached hydrogens (tertiary/aromatic N) is 3. The lowest BCUT2D eigenvalue weighted by molar-refractivity contribution is -0.584. The van der Waals surface area contributed by atoms with Crippen molar-refractivity contribution in [2.45, 2.75) is 0 Å². The summed E-state index contributed by atoms with van der Waals surface area (Å²) in [6.07, 6.45) is 3.78. The molecule has 0 saturated carbocycles. The van der Waals surface area contributed by atoms with Gasteiger partial charge in [0, 0.05) is 41.4 Å². The minimum absolute atomic E-state index is 0.556. The fourth-order valence-corrected chi connectivity index (χ4v) is 3.29. The van der Waals surface area contributed by atoms with Gasteiger partial charge in [0.15, 0.2) is 11.5 Å². The molecule has 2 aromatic carbocycles. The van der Waals surface area contributed by atoms with Gasteiger partial charge >= 0.3 is 0 Å². The second-order valence-corrected chi connectivity index (χ2v) is 6.16. The molecule has 0 aliphatic rings. The van der Waals surface area contributed by atoms with Crippen LogP contribution >= 0.6 is 0 Å². The zero-order valence-corrected chi connectivity index (χ0v) is 15.7. The number of aromatic amines is 1. The monoisotopic (exact) mass is 365 g/mol. The highest BCUT2D eigenvalue weighted by Gasteiger charge is 2.21. The van der Waals surface area contributed by atoms with E-state index in [1.165, 1.54) is 10.9 Å². The molecule has 0 aliphatic heterocycles. The topological polar surface area (TPSA) is 65.2 Å². The lowest BCUT2D eigenvalue weighted by atomic mass is 10.1. The third-order valence-corrected chi connectivity index (χ3v) is 4.67. The molecule has 0 bridgehead atoms. The van der Waals surface area contributed by atoms with Crippen LogP contribution in [0.15, 0.2) is 48.9 Å².